The van der Waals surface area contributed by atoms with Gasteiger partial charge in [0.25, 0.3) is 0 Å². The van der Waals surface area contributed by atoms with Crippen molar-refractivity contribution in [3.05, 3.63) is 170 Å². The molecule has 0 aliphatic rings. The highest BCUT2D eigenvalue weighted by molar-refractivity contribution is 6.09. The van der Waals surface area contributed by atoms with Gasteiger partial charge in [-0.3, -0.25) is 0 Å². The zero-order chi connectivity index (χ0) is 31.2. The van der Waals surface area contributed by atoms with Crippen molar-refractivity contribution in [2.45, 2.75) is 0 Å². The molecule has 0 bridgehead atoms. The summed E-state index contributed by atoms with van der Waals surface area (Å²) in [5.41, 5.74) is 8.54. The van der Waals surface area contributed by atoms with Crippen LogP contribution in [0.4, 0.5) is 0 Å². The van der Waals surface area contributed by atoms with Crippen molar-refractivity contribution in [2.24, 2.45) is 0 Å². The lowest BCUT2D eigenvalue weighted by molar-refractivity contribution is 1.07. The summed E-state index contributed by atoms with van der Waals surface area (Å²) < 4.78 is 2.34. The Hall–Kier alpha value is -6.39. The number of fused-ring (bicyclic) bond motifs is 4. The largest absolute Gasteiger partial charge is 0.309 e. The molecule has 0 saturated heterocycles. The number of hydrogen-bond acceptors (Lipinski definition) is 3. The second-order valence-electron chi connectivity index (χ2n) is 11.7. The molecule has 0 aliphatic heterocycles. The summed E-state index contributed by atoms with van der Waals surface area (Å²) in [4.78, 5) is 15.1. The predicted molar refractivity (Wildman–Crippen MR) is 193 cm³/mol. The topological polar surface area (TPSA) is 43.6 Å². The first-order valence-corrected chi connectivity index (χ1v) is 15.8. The van der Waals surface area contributed by atoms with Crippen molar-refractivity contribution >= 4 is 32.6 Å². The van der Waals surface area contributed by atoms with Crippen molar-refractivity contribution in [1.82, 2.24) is 19.5 Å². The Bertz CT molecular complexity index is 2510. The second-order valence-corrected chi connectivity index (χ2v) is 11.7. The molecule has 4 nitrogen and oxygen atoms in total. The van der Waals surface area contributed by atoms with E-state index in [1.807, 2.05) is 36.4 Å². The Morgan fingerprint density at radius 3 is 1.60 bits per heavy atom. The number of rotatable bonds is 5. The third-order valence-corrected chi connectivity index (χ3v) is 8.86. The fourth-order valence-corrected chi connectivity index (χ4v) is 6.59. The molecule has 9 aromatic rings. The van der Waals surface area contributed by atoms with Crippen molar-refractivity contribution < 1.29 is 0 Å². The Labute approximate surface area is 272 Å². The van der Waals surface area contributed by atoms with Gasteiger partial charge in [0.15, 0.2) is 17.5 Å². The van der Waals surface area contributed by atoms with Gasteiger partial charge in [0.05, 0.1) is 11.0 Å². The van der Waals surface area contributed by atoms with E-state index in [2.05, 4.69) is 138 Å². The molecule has 9 rings (SSSR count). The molecule has 0 radical (unpaired) electrons. The molecule has 0 unspecified atom stereocenters. The lowest BCUT2D eigenvalue weighted by atomic mass is 9.98. The molecule has 2 aromatic heterocycles. The van der Waals surface area contributed by atoms with E-state index in [-0.39, 0.29) is 0 Å². The molecule has 220 valence electrons. The molecule has 7 aromatic carbocycles. The van der Waals surface area contributed by atoms with Gasteiger partial charge in [0.2, 0.25) is 0 Å². The molecule has 0 amide bonds. The fraction of sp³-hybridized carbons (Fsp3) is 0. The summed E-state index contributed by atoms with van der Waals surface area (Å²) in [6, 6.07) is 59.2. The van der Waals surface area contributed by atoms with Crippen LogP contribution in [0.15, 0.2) is 170 Å². The van der Waals surface area contributed by atoms with E-state index in [0.29, 0.717) is 17.5 Å². The zero-order valence-corrected chi connectivity index (χ0v) is 25.5. The molecular formula is C43H28N4. The number of nitrogens with zero attached hydrogens (tertiary/aromatic N) is 4. The van der Waals surface area contributed by atoms with E-state index in [0.717, 1.165) is 38.9 Å². The molecule has 0 spiro atoms. The first-order chi connectivity index (χ1) is 23.3. The van der Waals surface area contributed by atoms with E-state index < -0.39 is 0 Å². The molecule has 0 N–H and O–H groups in total. The number of aromatic nitrogens is 4. The van der Waals surface area contributed by atoms with Gasteiger partial charge < -0.3 is 4.57 Å². The maximum atomic E-state index is 5.09. The summed E-state index contributed by atoms with van der Waals surface area (Å²) >= 11 is 0. The Kier molecular flexibility index (Phi) is 6.43. The van der Waals surface area contributed by atoms with Gasteiger partial charge >= 0.3 is 0 Å². The number of para-hydroxylation sites is 2. The quantitative estimate of drug-likeness (QED) is 0.197. The predicted octanol–water partition coefficient (Wildman–Crippen LogP) is 10.8. The first kappa shape index (κ1) is 27.0. The molecule has 47 heavy (non-hydrogen) atoms. The van der Waals surface area contributed by atoms with Crippen LogP contribution in [0.1, 0.15) is 0 Å². The summed E-state index contributed by atoms with van der Waals surface area (Å²) in [5, 5.41) is 4.84. The van der Waals surface area contributed by atoms with Crippen molar-refractivity contribution in [1.29, 1.82) is 0 Å². The van der Waals surface area contributed by atoms with Crippen LogP contribution in [0, 0.1) is 0 Å². The Morgan fingerprint density at radius 1 is 0.340 bits per heavy atom. The molecule has 0 saturated carbocycles. The Morgan fingerprint density at radius 2 is 0.872 bits per heavy atom. The Balaban J connectivity index is 1.18. The normalized spacial score (nSPS) is 11.4. The molecular weight excluding hydrogens is 573 g/mol. The van der Waals surface area contributed by atoms with Crippen LogP contribution < -0.4 is 0 Å². The SMILES string of the molecule is c1ccc(-c2nc(-c3ccc4ccccc4c3)nc(-c3ccccc3-c3ccc(-n4c5ccccc5c5ccccc54)cc3)n2)cc1. The van der Waals surface area contributed by atoms with Gasteiger partial charge in [-0.05, 0) is 52.2 Å². The van der Waals surface area contributed by atoms with E-state index in [9.17, 15) is 0 Å². The molecule has 0 fully saturated rings. The smallest absolute Gasteiger partial charge is 0.164 e. The average Bonchev–Trinajstić information content (AvgIpc) is 3.49. The van der Waals surface area contributed by atoms with Gasteiger partial charge in [-0.15, -0.1) is 0 Å². The van der Waals surface area contributed by atoms with E-state index in [1.165, 1.54) is 27.2 Å². The minimum absolute atomic E-state index is 0.643. The van der Waals surface area contributed by atoms with Crippen molar-refractivity contribution in [3.8, 4) is 51.0 Å². The molecule has 0 atom stereocenters. The van der Waals surface area contributed by atoms with E-state index in [4.69, 9.17) is 15.0 Å². The number of hydrogen-bond donors (Lipinski definition) is 0. The minimum atomic E-state index is 0.643. The molecule has 4 heteroatoms. The monoisotopic (exact) mass is 600 g/mol. The second kappa shape index (κ2) is 11.2. The van der Waals surface area contributed by atoms with Gasteiger partial charge in [-0.25, -0.2) is 15.0 Å². The third-order valence-electron chi connectivity index (χ3n) is 8.86. The summed E-state index contributed by atoms with van der Waals surface area (Å²) in [6.45, 7) is 0. The lowest BCUT2D eigenvalue weighted by Crippen LogP contribution is -2.01. The minimum Gasteiger partial charge on any atom is -0.309 e. The van der Waals surface area contributed by atoms with E-state index >= 15 is 0 Å². The van der Waals surface area contributed by atoms with Gasteiger partial charge in [-0.2, -0.15) is 0 Å². The van der Waals surface area contributed by atoms with Crippen LogP contribution >= 0.6 is 0 Å². The highest BCUT2D eigenvalue weighted by Crippen LogP contribution is 2.35. The number of benzene rings is 7. The molecule has 0 aliphatic carbocycles. The van der Waals surface area contributed by atoms with Crippen LogP contribution in [0.2, 0.25) is 0 Å². The van der Waals surface area contributed by atoms with Crippen LogP contribution in [-0.4, -0.2) is 19.5 Å². The van der Waals surface area contributed by atoms with Crippen LogP contribution in [0.25, 0.3) is 83.6 Å². The average molecular weight is 601 g/mol. The molecule has 2 heterocycles. The summed E-state index contributed by atoms with van der Waals surface area (Å²) in [5.74, 6) is 1.94. The maximum Gasteiger partial charge on any atom is 0.164 e. The van der Waals surface area contributed by atoms with Crippen LogP contribution in [-0.2, 0) is 0 Å². The fourth-order valence-electron chi connectivity index (χ4n) is 6.59. The standard InChI is InChI=1S/C43H28N4/c1-2-13-31(14-3-1)41-44-42(33-23-22-29-12-4-5-15-32(29)28-33)46-43(45-41)38-19-7-6-16-35(38)30-24-26-34(27-25-30)47-39-20-10-8-17-36(39)37-18-9-11-21-40(37)47/h1-28H. The zero-order valence-electron chi connectivity index (χ0n) is 25.5. The van der Waals surface area contributed by atoms with Gasteiger partial charge in [0, 0.05) is 33.2 Å². The highest BCUT2D eigenvalue weighted by Gasteiger charge is 2.17. The van der Waals surface area contributed by atoms with Gasteiger partial charge in [-0.1, -0.05) is 140 Å². The maximum absolute atomic E-state index is 5.09. The van der Waals surface area contributed by atoms with Gasteiger partial charge in [0.1, 0.15) is 0 Å². The van der Waals surface area contributed by atoms with Crippen LogP contribution in [0.5, 0.6) is 0 Å². The first-order valence-electron chi connectivity index (χ1n) is 15.8. The lowest BCUT2D eigenvalue weighted by Gasteiger charge is -2.13. The van der Waals surface area contributed by atoms with Crippen molar-refractivity contribution in [2.75, 3.05) is 0 Å². The van der Waals surface area contributed by atoms with E-state index in [1.54, 1.807) is 0 Å². The summed E-state index contributed by atoms with van der Waals surface area (Å²) in [6.07, 6.45) is 0. The van der Waals surface area contributed by atoms with Crippen LogP contribution in [0.3, 0.4) is 0 Å². The van der Waals surface area contributed by atoms with Crippen molar-refractivity contribution in [3.63, 3.8) is 0 Å². The third kappa shape index (κ3) is 4.75. The summed E-state index contributed by atoms with van der Waals surface area (Å²) in [7, 11) is 0. The highest BCUT2D eigenvalue weighted by atomic mass is 15.0.